The molecule has 10 nitrogen and oxygen atoms in total. The highest BCUT2D eigenvalue weighted by atomic mass is 16.6. The molecule has 0 aromatic carbocycles. The van der Waals surface area contributed by atoms with Gasteiger partial charge in [0.05, 0.1) is 24.0 Å². The zero-order chi connectivity index (χ0) is 16.8. The van der Waals surface area contributed by atoms with Crippen LogP contribution in [0.3, 0.4) is 0 Å². The lowest BCUT2D eigenvalue weighted by Crippen LogP contribution is -2.33. The van der Waals surface area contributed by atoms with Crippen LogP contribution >= 0.6 is 0 Å². The number of ether oxygens (including phenoxy) is 1. The van der Waals surface area contributed by atoms with E-state index in [1.54, 1.807) is 17.0 Å². The summed E-state index contributed by atoms with van der Waals surface area (Å²) in [6.07, 6.45) is 2.01. The minimum absolute atomic E-state index is 0.267. The van der Waals surface area contributed by atoms with Crippen molar-refractivity contribution in [3.63, 3.8) is 0 Å². The Morgan fingerprint density at radius 3 is 2.75 bits per heavy atom. The van der Waals surface area contributed by atoms with Gasteiger partial charge in [0, 0.05) is 18.0 Å². The second-order valence-electron chi connectivity index (χ2n) is 5.59. The summed E-state index contributed by atoms with van der Waals surface area (Å²) in [6, 6.07) is 0. The van der Waals surface area contributed by atoms with E-state index in [1.165, 1.54) is 12.7 Å². The van der Waals surface area contributed by atoms with Crippen LogP contribution < -0.4 is 5.73 Å². The highest BCUT2D eigenvalue weighted by Gasteiger charge is 2.44. The lowest BCUT2D eigenvalue weighted by molar-refractivity contribution is -0.0508. The highest BCUT2D eigenvalue weighted by molar-refractivity contribution is 5.99. The van der Waals surface area contributed by atoms with Gasteiger partial charge in [-0.15, -0.1) is 0 Å². The number of imidazole rings is 1. The maximum absolute atomic E-state index is 10.3. The number of rotatable bonds is 3. The summed E-state index contributed by atoms with van der Waals surface area (Å²) in [5.74, 6) is 0.267. The van der Waals surface area contributed by atoms with Gasteiger partial charge in [-0.2, -0.15) is 0 Å². The lowest BCUT2D eigenvalue weighted by atomic mass is 10.1. The van der Waals surface area contributed by atoms with E-state index in [4.69, 9.17) is 10.5 Å². The number of aliphatic hydroxyl groups is 3. The number of fused-ring (bicyclic) bond motifs is 1. The molecule has 1 unspecified atom stereocenters. The Hall–Kier alpha value is -2.53. The number of aromatic amines is 1. The fourth-order valence-electron chi connectivity index (χ4n) is 3.01. The number of nitrogen functional groups attached to an aromatic ring is 1. The van der Waals surface area contributed by atoms with Crippen molar-refractivity contribution in [2.24, 2.45) is 0 Å². The van der Waals surface area contributed by atoms with E-state index in [0.29, 0.717) is 22.3 Å². The van der Waals surface area contributed by atoms with E-state index in [2.05, 4.69) is 19.9 Å². The molecule has 0 aliphatic carbocycles. The molecule has 1 saturated heterocycles. The van der Waals surface area contributed by atoms with E-state index in [1.807, 2.05) is 0 Å². The standard InChI is InChI=1S/C14H16N6O4/c15-12-9-6(7-1-16-4-17-7)2-20(13(9)19-5-18-12)14-11(23)10(22)8(3-21)24-14/h1-2,4-5,8,10-11,14,21-23H,3H2,(H,16,17)(H2,15,18,19)/t8-,10?,11+,14-/m1/s1. The van der Waals surface area contributed by atoms with Crippen LogP contribution in [-0.2, 0) is 4.74 Å². The van der Waals surface area contributed by atoms with Gasteiger partial charge in [0.1, 0.15) is 36.1 Å². The number of anilines is 1. The molecule has 0 radical (unpaired) electrons. The zero-order valence-electron chi connectivity index (χ0n) is 12.4. The van der Waals surface area contributed by atoms with Gasteiger partial charge in [0.15, 0.2) is 6.23 Å². The molecule has 3 aromatic heterocycles. The predicted molar refractivity (Wildman–Crippen MR) is 82.5 cm³/mol. The Morgan fingerprint density at radius 2 is 2.08 bits per heavy atom. The number of aliphatic hydroxyl groups excluding tert-OH is 3. The molecule has 126 valence electrons. The molecule has 4 atom stereocenters. The first-order valence-electron chi connectivity index (χ1n) is 7.34. The minimum atomic E-state index is -1.22. The summed E-state index contributed by atoms with van der Waals surface area (Å²) < 4.78 is 7.15. The first kappa shape index (κ1) is 15.0. The number of aromatic nitrogens is 5. The molecule has 0 spiro atoms. The number of nitrogens with zero attached hydrogens (tertiary/aromatic N) is 4. The molecule has 4 rings (SSSR count). The van der Waals surface area contributed by atoms with E-state index in [-0.39, 0.29) is 5.82 Å². The van der Waals surface area contributed by atoms with Gasteiger partial charge in [-0.3, -0.25) is 0 Å². The second-order valence-corrected chi connectivity index (χ2v) is 5.59. The number of H-pyrrole nitrogens is 1. The average Bonchev–Trinajstić information content (AvgIpc) is 3.28. The van der Waals surface area contributed by atoms with Crippen LogP contribution in [0.5, 0.6) is 0 Å². The van der Waals surface area contributed by atoms with Crippen LogP contribution in [0.4, 0.5) is 5.82 Å². The third-order valence-corrected chi connectivity index (χ3v) is 4.20. The van der Waals surface area contributed by atoms with Crippen molar-refractivity contribution >= 4 is 16.9 Å². The zero-order valence-corrected chi connectivity index (χ0v) is 12.4. The van der Waals surface area contributed by atoms with Gasteiger partial charge in [-0.05, 0) is 0 Å². The monoisotopic (exact) mass is 332 g/mol. The third-order valence-electron chi connectivity index (χ3n) is 4.20. The maximum Gasteiger partial charge on any atom is 0.164 e. The average molecular weight is 332 g/mol. The summed E-state index contributed by atoms with van der Waals surface area (Å²) in [5, 5.41) is 30.1. The largest absolute Gasteiger partial charge is 0.394 e. The smallest absolute Gasteiger partial charge is 0.164 e. The lowest BCUT2D eigenvalue weighted by Gasteiger charge is -2.17. The van der Waals surface area contributed by atoms with Crippen molar-refractivity contribution in [2.45, 2.75) is 24.5 Å². The molecule has 4 heterocycles. The molecule has 0 saturated carbocycles. The van der Waals surface area contributed by atoms with Crippen LogP contribution in [0.1, 0.15) is 6.23 Å². The molecule has 3 aromatic rings. The first-order valence-corrected chi connectivity index (χ1v) is 7.34. The van der Waals surface area contributed by atoms with Crippen molar-refractivity contribution in [3.05, 3.63) is 25.0 Å². The van der Waals surface area contributed by atoms with Crippen molar-refractivity contribution in [1.82, 2.24) is 24.5 Å². The molecule has 24 heavy (non-hydrogen) atoms. The third kappa shape index (κ3) is 2.08. The van der Waals surface area contributed by atoms with Crippen molar-refractivity contribution in [1.29, 1.82) is 0 Å². The van der Waals surface area contributed by atoms with Gasteiger partial charge in [-0.25, -0.2) is 15.0 Å². The molecule has 1 fully saturated rings. The topological polar surface area (TPSA) is 155 Å². The molecule has 1 aliphatic heterocycles. The summed E-state index contributed by atoms with van der Waals surface area (Å²) in [5.41, 5.74) is 7.74. The van der Waals surface area contributed by atoms with Crippen molar-refractivity contribution < 1.29 is 20.1 Å². The Balaban J connectivity index is 1.90. The normalized spacial score (nSPS) is 27.1. The fourth-order valence-corrected chi connectivity index (χ4v) is 3.01. The Bertz CT molecular complexity index is 864. The van der Waals surface area contributed by atoms with Crippen molar-refractivity contribution in [2.75, 3.05) is 12.3 Å². The number of hydrogen-bond acceptors (Lipinski definition) is 8. The molecule has 6 N–H and O–H groups in total. The molecular weight excluding hydrogens is 316 g/mol. The van der Waals surface area contributed by atoms with Crippen LogP contribution in [0, 0.1) is 0 Å². The van der Waals surface area contributed by atoms with E-state index in [9.17, 15) is 15.3 Å². The quantitative estimate of drug-likeness (QED) is 0.409. The van der Waals surface area contributed by atoms with Gasteiger partial charge < -0.3 is 35.3 Å². The Kier molecular flexibility index (Phi) is 3.46. The highest BCUT2D eigenvalue weighted by Crippen LogP contribution is 2.37. The van der Waals surface area contributed by atoms with Crippen LogP contribution in [0.15, 0.2) is 25.0 Å². The summed E-state index contributed by atoms with van der Waals surface area (Å²) in [6.45, 7) is -0.405. The van der Waals surface area contributed by atoms with Gasteiger partial charge >= 0.3 is 0 Å². The maximum atomic E-state index is 10.3. The van der Waals surface area contributed by atoms with Crippen LogP contribution in [0.25, 0.3) is 22.3 Å². The Labute approximate surface area is 135 Å². The molecule has 10 heteroatoms. The number of nitrogens with two attached hydrogens (primary N) is 1. The van der Waals surface area contributed by atoms with Gasteiger partial charge in [0.2, 0.25) is 0 Å². The van der Waals surface area contributed by atoms with E-state index >= 15 is 0 Å². The summed E-state index contributed by atoms with van der Waals surface area (Å²) in [4.78, 5) is 15.3. The minimum Gasteiger partial charge on any atom is -0.394 e. The van der Waals surface area contributed by atoms with Crippen LogP contribution in [-0.4, -0.2) is 64.7 Å². The van der Waals surface area contributed by atoms with Gasteiger partial charge in [0.25, 0.3) is 0 Å². The molecular formula is C14H16N6O4. The molecule has 0 bridgehead atoms. The van der Waals surface area contributed by atoms with E-state index < -0.39 is 31.1 Å². The SMILES string of the molecule is Nc1ncnc2c1c(-c1c[nH]cn1)cn2[C@@H]1O[C@H](CO)C(O)[C@@H]1O. The molecule has 0 amide bonds. The van der Waals surface area contributed by atoms with Gasteiger partial charge in [-0.1, -0.05) is 0 Å². The summed E-state index contributed by atoms with van der Waals surface area (Å²) in [7, 11) is 0. The summed E-state index contributed by atoms with van der Waals surface area (Å²) >= 11 is 0. The van der Waals surface area contributed by atoms with Crippen LogP contribution in [0.2, 0.25) is 0 Å². The second kappa shape index (κ2) is 5.53. The first-order chi connectivity index (χ1) is 11.6. The fraction of sp³-hybridized carbons (Fsp3) is 0.357. The van der Waals surface area contributed by atoms with E-state index in [0.717, 1.165) is 0 Å². The predicted octanol–water partition coefficient (Wildman–Crippen LogP) is -0.985. The Morgan fingerprint density at radius 1 is 1.25 bits per heavy atom. The number of hydrogen-bond donors (Lipinski definition) is 5. The number of nitrogens with one attached hydrogen (secondary N) is 1. The van der Waals surface area contributed by atoms with Crippen molar-refractivity contribution in [3.8, 4) is 11.3 Å². The molecule has 1 aliphatic rings.